The third kappa shape index (κ3) is 5.76. The molecule has 0 fully saturated rings. The monoisotopic (exact) mass is 267 g/mol. The highest BCUT2D eigenvalue weighted by Gasteiger charge is 2.05. The molecule has 0 spiro atoms. The highest BCUT2D eigenvalue weighted by molar-refractivity contribution is 5.81. The van der Waals surface area contributed by atoms with Gasteiger partial charge in [0.1, 0.15) is 18.0 Å². The third-order valence-corrected chi connectivity index (χ3v) is 2.31. The van der Waals surface area contributed by atoms with Crippen molar-refractivity contribution < 1.29 is 23.8 Å². The second-order valence-electron chi connectivity index (χ2n) is 3.63. The molecule has 6 heteroatoms. The Hall–Kier alpha value is -2.24. The summed E-state index contributed by atoms with van der Waals surface area (Å²) in [5.41, 5.74) is 0. The minimum Gasteiger partial charge on any atom is -0.497 e. The van der Waals surface area contributed by atoms with E-state index in [1.54, 1.807) is 31.4 Å². The zero-order valence-electron chi connectivity index (χ0n) is 11.0. The highest BCUT2D eigenvalue weighted by Crippen LogP contribution is 2.16. The molecular weight excluding hydrogens is 250 g/mol. The van der Waals surface area contributed by atoms with Gasteiger partial charge in [-0.15, -0.1) is 0 Å². The van der Waals surface area contributed by atoms with E-state index in [1.807, 2.05) is 0 Å². The maximum Gasteiger partial charge on any atom is 0.325 e. The summed E-state index contributed by atoms with van der Waals surface area (Å²) in [5.74, 6) is 0.646. The van der Waals surface area contributed by atoms with Crippen LogP contribution in [0.1, 0.15) is 6.42 Å². The molecule has 1 aromatic rings. The molecule has 0 aromatic heterocycles. The van der Waals surface area contributed by atoms with Gasteiger partial charge in [0.25, 0.3) is 0 Å². The fraction of sp³-hybridized carbons (Fsp3) is 0.385. The van der Waals surface area contributed by atoms with Crippen LogP contribution in [0.4, 0.5) is 0 Å². The minimum absolute atomic E-state index is 0.127. The van der Waals surface area contributed by atoms with Crippen molar-refractivity contribution in [1.29, 1.82) is 0 Å². The number of hydrogen-bond acceptors (Lipinski definition) is 5. The largest absolute Gasteiger partial charge is 0.497 e. The standard InChI is InChI=1S/C13H17NO5/c1-17-10-3-5-11(6-4-10)19-8-7-12(15)14-9-13(16)18-2/h3-6H,7-9H2,1-2H3,(H,14,15). The number of esters is 1. The van der Waals surface area contributed by atoms with Crippen molar-refractivity contribution in [2.75, 3.05) is 27.4 Å². The molecule has 0 radical (unpaired) electrons. The molecule has 0 atom stereocenters. The summed E-state index contributed by atoms with van der Waals surface area (Å²) < 4.78 is 14.8. The maximum atomic E-state index is 11.3. The molecule has 0 aliphatic rings. The van der Waals surface area contributed by atoms with E-state index in [-0.39, 0.29) is 25.5 Å². The van der Waals surface area contributed by atoms with Gasteiger partial charge in [-0.2, -0.15) is 0 Å². The second kappa shape index (κ2) is 7.97. The van der Waals surface area contributed by atoms with Crippen LogP contribution in [0.5, 0.6) is 11.5 Å². The summed E-state index contributed by atoms with van der Waals surface area (Å²) in [7, 11) is 2.85. The van der Waals surface area contributed by atoms with Crippen molar-refractivity contribution in [2.45, 2.75) is 6.42 Å². The first-order valence-corrected chi connectivity index (χ1v) is 5.76. The van der Waals surface area contributed by atoms with Gasteiger partial charge in [0.2, 0.25) is 5.91 Å². The zero-order valence-corrected chi connectivity index (χ0v) is 11.0. The normalized spacial score (nSPS) is 9.58. The summed E-state index contributed by atoms with van der Waals surface area (Å²) in [6.45, 7) is 0.108. The summed E-state index contributed by atoms with van der Waals surface area (Å²) in [4.78, 5) is 22.1. The van der Waals surface area contributed by atoms with Crippen LogP contribution in [-0.4, -0.2) is 39.2 Å². The van der Waals surface area contributed by atoms with E-state index in [0.29, 0.717) is 5.75 Å². The molecule has 0 unspecified atom stereocenters. The molecule has 19 heavy (non-hydrogen) atoms. The number of nitrogens with one attached hydrogen (secondary N) is 1. The van der Waals surface area contributed by atoms with Gasteiger partial charge in [0, 0.05) is 0 Å². The molecule has 1 aromatic carbocycles. The number of methoxy groups -OCH3 is 2. The van der Waals surface area contributed by atoms with Gasteiger partial charge in [-0.3, -0.25) is 9.59 Å². The SMILES string of the molecule is COC(=O)CNC(=O)CCOc1ccc(OC)cc1. The van der Waals surface area contributed by atoms with Crippen molar-refractivity contribution in [2.24, 2.45) is 0 Å². The smallest absolute Gasteiger partial charge is 0.325 e. The van der Waals surface area contributed by atoms with Gasteiger partial charge >= 0.3 is 5.97 Å². The number of ether oxygens (including phenoxy) is 3. The topological polar surface area (TPSA) is 73.9 Å². The molecule has 0 heterocycles. The summed E-state index contributed by atoms with van der Waals surface area (Å²) in [6, 6.07) is 7.05. The average Bonchev–Trinajstić information content (AvgIpc) is 2.45. The van der Waals surface area contributed by atoms with E-state index in [0.717, 1.165) is 5.75 Å². The van der Waals surface area contributed by atoms with Crippen LogP contribution >= 0.6 is 0 Å². The van der Waals surface area contributed by atoms with Gasteiger partial charge in [-0.05, 0) is 24.3 Å². The van der Waals surface area contributed by atoms with Crippen molar-refractivity contribution in [1.82, 2.24) is 5.32 Å². The number of hydrogen-bond donors (Lipinski definition) is 1. The highest BCUT2D eigenvalue weighted by atomic mass is 16.5. The summed E-state index contributed by atoms with van der Waals surface area (Å²) in [6.07, 6.45) is 0.170. The van der Waals surface area contributed by atoms with E-state index in [9.17, 15) is 9.59 Å². The number of rotatable bonds is 7. The van der Waals surface area contributed by atoms with Gasteiger partial charge in [-0.25, -0.2) is 0 Å². The number of amides is 1. The Morgan fingerprint density at radius 3 is 2.32 bits per heavy atom. The van der Waals surface area contributed by atoms with Gasteiger partial charge in [-0.1, -0.05) is 0 Å². The Bertz CT molecular complexity index is 416. The Morgan fingerprint density at radius 2 is 1.74 bits per heavy atom. The van der Waals surface area contributed by atoms with E-state index < -0.39 is 5.97 Å². The van der Waals surface area contributed by atoms with Crippen LogP contribution in [0.15, 0.2) is 24.3 Å². The first-order valence-electron chi connectivity index (χ1n) is 5.76. The Labute approximate surface area is 111 Å². The number of carbonyl (C=O) groups is 2. The molecule has 0 saturated carbocycles. The Balaban J connectivity index is 2.22. The maximum absolute atomic E-state index is 11.3. The number of carbonyl (C=O) groups excluding carboxylic acids is 2. The fourth-order valence-electron chi connectivity index (χ4n) is 1.26. The van der Waals surface area contributed by atoms with Crippen molar-refractivity contribution >= 4 is 11.9 Å². The first-order chi connectivity index (χ1) is 9.15. The lowest BCUT2D eigenvalue weighted by Crippen LogP contribution is -2.30. The van der Waals surface area contributed by atoms with Crippen LogP contribution < -0.4 is 14.8 Å². The van der Waals surface area contributed by atoms with Crippen LogP contribution in [0.25, 0.3) is 0 Å². The molecule has 0 saturated heterocycles. The molecular formula is C13H17NO5. The van der Waals surface area contributed by atoms with Crippen molar-refractivity contribution in [3.63, 3.8) is 0 Å². The fourth-order valence-corrected chi connectivity index (χ4v) is 1.26. The van der Waals surface area contributed by atoms with Gasteiger partial charge in [0.15, 0.2) is 0 Å². The predicted octanol–water partition coefficient (Wildman–Crippen LogP) is 0.753. The lowest BCUT2D eigenvalue weighted by atomic mass is 10.3. The van der Waals surface area contributed by atoms with E-state index in [4.69, 9.17) is 9.47 Å². The number of benzene rings is 1. The summed E-state index contributed by atoms with van der Waals surface area (Å²) in [5, 5.41) is 2.42. The van der Waals surface area contributed by atoms with E-state index in [1.165, 1.54) is 7.11 Å². The van der Waals surface area contributed by atoms with Crippen molar-refractivity contribution in [3.8, 4) is 11.5 Å². The zero-order chi connectivity index (χ0) is 14.1. The Morgan fingerprint density at radius 1 is 1.11 bits per heavy atom. The molecule has 1 amide bonds. The van der Waals surface area contributed by atoms with Crippen LogP contribution in [0.3, 0.4) is 0 Å². The van der Waals surface area contributed by atoms with Crippen molar-refractivity contribution in [3.05, 3.63) is 24.3 Å². The quantitative estimate of drug-likeness (QED) is 0.738. The Kier molecular flexibility index (Phi) is 6.21. The molecule has 1 rings (SSSR count). The molecule has 1 N–H and O–H groups in total. The first kappa shape index (κ1) is 14.8. The average molecular weight is 267 g/mol. The summed E-state index contributed by atoms with van der Waals surface area (Å²) >= 11 is 0. The molecule has 0 aliphatic heterocycles. The minimum atomic E-state index is -0.482. The van der Waals surface area contributed by atoms with Crippen LogP contribution in [0, 0.1) is 0 Å². The van der Waals surface area contributed by atoms with Crippen LogP contribution in [-0.2, 0) is 14.3 Å². The van der Waals surface area contributed by atoms with E-state index in [2.05, 4.69) is 10.1 Å². The molecule has 104 valence electrons. The second-order valence-corrected chi connectivity index (χ2v) is 3.63. The lowest BCUT2D eigenvalue weighted by Gasteiger charge is -2.07. The van der Waals surface area contributed by atoms with E-state index >= 15 is 0 Å². The molecule has 6 nitrogen and oxygen atoms in total. The lowest BCUT2D eigenvalue weighted by molar-refractivity contribution is -0.141. The predicted molar refractivity (Wildman–Crippen MR) is 68.1 cm³/mol. The third-order valence-electron chi connectivity index (χ3n) is 2.31. The molecule has 0 aliphatic carbocycles. The van der Waals surface area contributed by atoms with Crippen LogP contribution in [0.2, 0.25) is 0 Å². The van der Waals surface area contributed by atoms with Gasteiger partial charge in [0.05, 0.1) is 27.2 Å². The van der Waals surface area contributed by atoms with Gasteiger partial charge < -0.3 is 19.5 Å². The molecule has 0 bridgehead atoms.